The zero-order chi connectivity index (χ0) is 24.6. The predicted octanol–water partition coefficient (Wildman–Crippen LogP) is 4.13. The molecule has 0 spiro atoms. The maximum atomic E-state index is 13.2. The van der Waals surface area contributed by atoms with E-state index in [4.69, 9.17) is 6.42 Å². The summed E-state index contributed by atoms with van der Waals surface area (Å²) in [4.78, 5) is 17.9. The molecule has 0 aliphatic carbocycles. The molecule has 5 rings (SSSR count). The average molecular weight is 502 g/mol. The van der Waals surface area contributed by atoms with Crippen LogP contribution in [0.4, 0.5) is 0 Å². The van der Waals surface area contributed by atoms with E-state index in [1.165, 1.54) is 45.5 Å². The molecule has 176 valence electrons. The monoisotopic (exact) mass is 501 g/mol. The van der Waals surface area contributed by atoms with Gasteiger partial charge in [0.2, 0.25) is 10.0 Å². The second-order valence-corrected chi connectivity index (χ2v) is 11.4. The first-order valence-corrected chi connectivity index (χ1v) is 13.4. The van der Waals surface area contributed by atoms with Crippen LogP contribution in [-0.4, -0.2) is 29.7 Å². The van der Waals surface area contributed by atoms with Crippen LogP contribution in [0.3, 0.4) is 0 Å². The lowest BCUT2D eigenvalue weighted by Gasteiger charge is -2.28. The maximum absolute atomic E-state index is 13.2. The fourth-order valence-electron chi connectivity index (χ4n) is 4.25. The minimum Gasteiger partial charge on any atom is -0.305 e. The number of benzene rings is 3. The highest BCUT2D eigenvalue weighted by molar-refractivity contribution is 7.89. The number of rotatable bonds is 4. The number of nitrogens with zero attached hydrogens (tertiary/aromatic N) is 3. The van der Waals surface area contributed by atoms with Gasteiger partial charge >= 0.3 is 0 Å². The van der Waals surface area contributed by atoms with Crippen molar-refractivity contribution < 1.29 is 13.2 Å². The fourth-order valence-corrected chi connectivity index (χ4v) is 6.80. The van der Waals surface area contributed by atoms with Crippen LogP contribution in [0.1, 0.15) is 27.0 Å². The van der Waals surface area contributed by atoms with Crippen molar-refractivity contribution in [2.24, 2.45) is 4.99 Å². The van der Waals surface area contributed by atoms with E-state index in [1.54, 1.807) is 0 Å². The average Bonchev–Trinajstić information content (AvgIpc) is 3.19. The Kier molecular flexibility index (Phi) is 6.15. The molecule has 1 aliphatic rings. The number of fused-ring (bicyclic) bond motifs is 2. The minimum absolute atomic E-state index is 0.160. The Morgan fingerprint density at radius 3 is 2.57 bits per heavy atom. The Balaban J connectivity index is 1.42. The molecular weight excluding hydrogens is 478 g/mol. The van der Waals surface area contributed by atoms with Gasteiger partial charge in [-0.15, -0.1) is 6.42 Å². The van der Waals surface area contributed by atoms with Crippen molar-refractivity contribution in [2.75, 3.05) is 6.54 Å². The molecule has 6 nitrogen and oxygen atoms in total. The summed E-state index contributed by atoms with van der Waals surface area (Å²) in [5, 5.41) is 0. The van der Waals surface area contributed by atoms with Crippen LogP contribution in [0.25, 0.3) is 10.2 Å². The van der Waals surface area contributed by atoms with Crippen molar-refractivity contribution in [3.05, 3.63) is 93.8 Å². The lowest BCUT2D eigenvalue weighted by molar-refractivity contribution is 0.0998. The van der Waals surface area contributed by atoms with Gasteiger partial charge in [0.1, 0.15) is 0 Å². The standard InChI is InChI=1S/C27H23N3O3S2/c1-3-15-30-24-13-8-19(2)17-25(24)34-27(30)28-26(31)21-9-11-23(12-10-21)35(32,33)29-16-14-20-6-4-5-7-22(20)18-29/h1,4-13,17H,14-16,18H2,2H3. The number of aromatic nitrogens is 1. The molecule has 1 amide bonds. The van der Waals surface area contributed by atoms with Gasteiger partial charge in [0.15, 0.2) is 4.80 Å². The van der Waals surface area contributed by atoms with Gasteiger partial charge in [0, 0.05) is 18.7 Å². The molecule has 0 atom stereocenters. The Hall–Kier alpha value is -3.51. The third-order valence-corrected chi connectivity index (χ3v) is 9.02. The van der Waals surface area contributed by atoms with Crippen LogP contribution in [0.5, 0.6) is 0 Å². The summed E-state index contributed by atoms with van der Waals surface area (Å²) >= 11 is 1.40. The van der Waals surface area contributed by atoms with Crippen molar-refractivity contribution in [3.63, 3.8) is 0 Å². The van der Waals surface area contributed by atoms with E-state index in [0.29, 0.717) is 36.4 Å². The number of amides is 1. The third-order valence-electron chi connectivity index (χ3n) is 6.12. The molecule has 3 aromatic carbocycles. The molecule has 8 heteroatoms. The normalized spacial score (nSPS) is 14.6. The van der Waals surface area contributed by atoms with Crippen LogP contribution in [-0.2, 0) is 29.5 Å². The highest BCUT2D eigenvalue weighted by Crippen LogP contribution is 2.25. The number of hydrogen-bond donors (Lipinski definition) is 0. The summed E-state index contributed by atoms with van der Waals surface area (Å²) in [6, 6.07) is 19.9. The van der Waals surface area contributed by atoms with E-state index in [2.05, 4.69) is 10.9 Å². The van der Waals surface area contributed by atoms with Crippen molar-refractivity contribution in [1.29, 1.82) is 0 Å². The van der Waals surface area contributed by atoms with Crippen LogP contribution in [0.2, 0.25) is 0 Å². The molecule has 0 fully saturated rings. The number of thiazole rings is 1. The predicted molar refractivity (Wildman–Crippen MR) is 137 cm³/mol. The first-order chi connectivity index (χ1) is 16.9. The van der Waals surface area contributed by atoms with Crippen LogP contribution < -0.4 is 4.80 Å². The van der Waals surface area contributed by atoms with Gasteiger partial charge in [-0.2, -0.15) is 9.30 Å². The van der Waals surface area contributed by atoms with Gasteiger partial charge in [-0.3, -0.25) is 4.79 Å². The van der Waals surface area contributed by atoms with Gasteiger partial charge in [0.25, 0.3) is 5.91 Å². The lowest BCUT2D eigenvalue weighted by Crippen LogP contribution is -2.35. The number of aryl methyl sites for hydroxylation is 1. The van der Waals surface area contributed by atoms with E-state index in [-0.39, 0.29) is 4.90 Å². The molecule has 4 aromatic rings. The Morgan fingerprint density at radius 2 is 1.83 bits per heavy atom. The Bertz CT molecular complexity index is 1660. The topological polar surface area (TPSA) is 71.7 Å². The van der Waals surface area contributed by atoms with Gasteiger partial charge in [-0.05, 0) is 66.4 Å². The zero-order valence-corrected chi connectivity index (χ0v) is 20.8. The number of sulfonamides is 1. The quantitative estimate of drug-likeness (QED) is 0.395. The summed E-state index contributed by atoms with van der Waals surface area (Å²) < 4.78 is 30.7. The summed E-state index contributed by atoms with van der Waals surface area (Å²) in [6.45, 7) is 3.07. The largest absolute Gasteiger partial charge is 0.305 e. The first kappa shape index (κ1) is 23.2. The Morgan fingerprint density at radius 1 is 1.09 bits per heavy atom. The number of carbonyl (C=O) groups is 1. The van der Waals surface area contributed by atoms with E-state index in [0.717, 1.165) is 21.3 Å². The fraction of sp³-hybridized carbons (Fsp3) is 0.185. The van der Waals surface area contributed by atoms with Crippen LogP contribution in [0.15, 0.2) is 76.6 Å². The highest BCUT2D eigenvalue weighted by Gasteiger charge is 2.28. The van der Waals surface area contributed by atoms with Crippen molar-refractivity contribution in [1.82, 2.24) is 8.87 Å². The molecule has 1 aromatic heterocycles. The summed E-state index contributed by atoms with van der Waals surface area (Å²) in [7, 11) is -3.67. The van der Waals surface area contributed by atoms with Gasteiger partial charge in [-0.1, -0.05) is 47.6 Å². The van der Waals surface area contributed by atoms with Crippen LogP contribution in [0, 0.1) is 19.3 Å². The highest BCUT2D eigenvalue weighted by atomic mass is 32.2. The summed E-state index contributed by atoms with van der Waals surface area (Å²) in [5.74, 6) is 2.17. The first-order valence-electron chi connectivity index (χ1n) is 11.2. The van der Waals surface area contributed by atoms with Crippen LogP contribution >= 0.6 is 11.3 Å². The van der Waals surface area contributed by atoms with Crippen molar-refractivity contribution >= 4 is 37.5 Å². The molecule has 0 N–H and O–H groups in total. The van der Waals surface area contributed by atoms with E-state index >= 15 is 0 Å². The van der Waals surface area contributed by atoms with Gasteiger partial charge < -0.3 is 4.57 Å². The smallest absolute Gasteiger partial charge is 0.279 e. The molecular formula is C27H23N3O3S2. The second kappa shape index (κ2) is 9.27. The number of hydrogen-bond acceptors (Lipinski definition) is 4. The molecule has 1 aliphatic heterocycles. The second-order valence-electron chi connectivity index (χ2n) is 8.44. The lowest BCUT2D eigenvalue weighted by atomic mass is 10.0. The molecule has 35 heavy (non-hydrogen) atoms. The molecule has 0 saturated carbocycles. The zero-order valence-electron chi connectivity index (χ0n) is 19.1. The van der Waals surface area contributed by atoms with E-state index in [1.807, 2.05) is 54.0 Å². The maximum Gasteiger partial charge on any atom is 0.279 e. The third kappa shape index (κ3) is 4.46. The van der Waals surface area contributed by atoms with Crippen molar-refractivity contribution in [2.45, 2.75) is 31.3 Å². The van der Waals surface area contributed by atoms with E-state index < -0.39 is 15.9 Å². The summed E-state index contributed by atoms with van der Waals surface area (Å²) in [5.41, 5.74) is 4.55. The number of terminal acetylenes is 1. The molecule has 2 heterocycles. The Labute approximate surface area is 208 Å². The number of carbonyl (C=O) groups excluding carboxylic acids is 1. The van der Waals surface area contributed by atoms with Gasteiger partial charge in [-0.25, -0.2) is 8.42 Å². The molecule has 0 radical (unpaired) electrons. The van der Waals surface area contributed by atoms with E-state index in [9.17, 15) is 13.2 Å². The summed E-state index contributed by atoms with van der Waals surface area (Å²) in [6.07, 6.45) is 6.22. The molecule has 0 unspecified atom stereocenters. The molecule has 0 saturated heterocycles. The van der Waals surface area contributed by atoms with Gasteiger partial charge in [0.05, 0.1) is 21.7 Å². The SMILES string of the molecule is C#CCn1c(=NC(=O)c2ccc(S(=O)(=O)N3CCc4ccccc4C3)cc2)sc2cc(C)ccc21. The molecule has 0 bridgehead atoms. The minimum atomic E-state index is -3.67. The van der Waals surface area contributed by atoms with Crippen molar-refractivity contribution in [3.8, 4) is 12.3 Å².